The maximum atomic E-state index is 12.7. The van der Waals surface area contributed by atoms with Crippen molar-refractivity contribution in [2.45, 2.75) is 6.54 Å². The zero-order valence-electron chi connectivity index (χ0n) is 14.7. The maximum Gasteiger partial charge on any atom is 0.276 e. The summed E-state index contributed by atoms with van der Waals surface area (Å²) < 4.78 is 0. The fourth-order valence-electron chi connectivity index (χ4n) is 2.52. The molecule has 0 aliphatic rings. The molecule has 0 radical (unpaired) electrons. The van der Waals surface area contributed by atoms with Crippen LogP contribution in [0.2, 0.25) is 5.02 Å². The number of hydrogen-bond donors (Lipinski definition) is 1. The molecule has 0 aliphatic heterocycles. The van der Waals surface area contributed by atoms with Gasteiger partial charge in [0.1, 0.15) is 5.69 Å². The minimum Gasteiger partial charge on any atom is -0.348 e. The van der Waals surface area contributed by atoms with Crippen LogP contribution in [0.4, 0.5) is 5.69 Å². The van der Waals surface area contributed by atoms with Crippen molar-refractivity contribution < 1.29 is 9.59 Å². The van der Waals surface area contributed by atoms with E-state index >= 15 is 0 Å². The number of nitrogens with zero attached hydrogens (tertiary/aromatic N) is 2. The topological polar surface area (TPSA) is 62.3 Å². The largest absolute Gasteiger partial charge is 0.348 e. The first-order chi connectivity index (χ1) is 13.0. The van der Waals surface area contributed by atoms with Crippen LogP contribution in [-0.2, 0) is 6.54 Å². The summed E-state index contributed by atoms with van der Waals surface area (Å²) in [5.74, 6) is -0.558. The van der Waals surface area contributed by atoms with Crippen molar-refractivity contribution in [3.05, 3.63) is 94.8 Å². The minimum atomic E-state index is -0.284. The second-order valence-corrected chi connectivity index (χ2v) is 6.38. The maximum absolute atomic E-state index is 12.7. The standard InChI is InChI=1S/C21H18ClN3O2/c1-25(18-5-3-2-4-6-18)21(27)19-13-16(11-12-23-19)20(26)24-14-15-7-9-17(22)10-8-15/h2-13H,14H2,1H3,(H,24,26). The predicted molar refractivity (Wildman–Crippen MR) is 106 cm³/mol. The molecule has 0 fully saturated rings. The van der Waals surface area contributed by atoms with Gasteiger partial charge >= 0.3 is 0 Å². The molecule has 1 heterocycles. The molecule has 136 valence electrons. The zero-order valence-corrected chi connectivity index (χ0v) is 15.5. The number of pyridine rings is 1. The fraction of sp³-hybridized carbons (Fsp3) is 0.0952. The molecule has 5 nitrogen and oxygen atoms in total. The van der Waals surface area contributed by atoms with Crippen LogP contribution in [0.5, 0.6) is 0 Å². The van der Waals surface area contributed by atoms with Crippen molar-refractivity contribution in [1.82, 2.24) is 10.3 Å². The first-order valence-electron chi connectivity index (χ1n) is 8.36. The Labute approximate surface area is 162 Å². The van der Waals surface area contributed by atoms with Crippen molar-refractivity contribution in [3.8, 4) is 0 Å². The molecule has 3 rings (SSSR count). The first-order valence-corrected chi connectivity index (χ1v) is 8.74. The average molecular weight is 380 g/mol. The molecule has 27 heavy (non-hydrogen) atoms. The monoisotopic (exact) mass is 379 g/mol. The molecule has 0 aliphatic carbocycles. The van der Waals surface area contributed by atoms with E-state index in [2.05, 4.69) is 10.3 Å². The Kier molecular flexibility index (Phi) is 5.84. The van der Waals surface area contributed by atoms with Gasteiger partial charge in [-0.3, -0.25) is 14.6 Å². The average Bonchev–Trinajstić information content (AvgIpc) is 2.72. The van der Waals surface area contributed by atoms with Crippen LogP contribution in [-0.4, -0.2) is 23.8 Å². The lowest BCUT2D eigenvalue weighted by atomic mass is 10.2. The minimum absolute atomic E-state index is 0.209. The molecule has 2 amide bonds. The van der Waals surface area contributed by atoms with Gasteiger partial charge in [0.05, 0.1) is 0 Å². The third-order valence-corrected chi connectivity index (χ3v) is 4.31. The molecule has 0 spiro atoms. The lowest BCUT2D eigenvalue weighted by molar-refractivity contribution is 0.0951. The summed E-state index contributed by atoms with van der Waals surface area (Å²) in [4.78, 5) is 30.7. The first kappa shape index (κ1) is 18.6. The quantitative estimate of drug-likeness (QED) is 0.730. The molecule has 6 heteroatoms. The molecule has 0 bridgehead atoms. The number of carbonyl (C=O) groups excluding carboxylic acids is 2. The number of benzene rings is 2. The number of halogens is 1. The molecular formula is C21H18ClN3O2. The van der Waals surface area contributed by atoms with Crippen molar-refractivity contribution >= 4 is 29.1 Å². The molecule has 1 N–H and O–H groups in total. The second kappa shape index (κ2) is 8.47. The van der Waals surface area contributed by atoms with Crippen molar-refractivity contribution in [2.75, 3.05) is 11.9 Å². The summed E-state index contributed by atoms with van der Waals surface area (Å²) in [6.45, 7) is 0.367. The predicted octanol–water partition coefficient (Wildman–Crippen LogP) is 3.94. The number of para-hydroxylation sites is 1. The Morgan fingerprint density at radius 2 is 1.74 bits per heavy atom. The van der Waals surface area contributed by atoms with Gasteiger partial charge in [0.15, 0.2) is 0 Å². The van der Waals surface area contributed by atoms with Crippen LogP contribution >= 0.6 is 11.6 Å². The summed E-state index contributed by atoms with van der Waals surface area (Å²) in [6.07, 6.45) is 1.46. The van der Waals surface area contributed by atoms with E-state index in [1.165, 1.54) is 17.2 Å². The number of rotatable bonds is 5. The van der Waals surface area contributed by atoms with E-state index in [0.29, 0.717) is 17.1 Å². The van der Waals surface area contributed by atoms with Gasteiger partial charge in [-0.05, 0) is 42.0 Å². The Bertz CT molecular complexity index is 943. The van der Waals surface area contributed by atoms with Crippen LogP contribution < -0.4 is 10.2 Å². The Balaban J connectivity index is 1.70. The molecule has 0 unspecified atom stereocenters. The summed E-state index contributed by atoms with van der Waals surface area (Å²) in [7, 11) is 1.67. The highest BCUT2D eigenvalue weighted by Crippen LogP contribution is 2.15. The van der Waals surface area contributed by atoms with Gasteiger partial charge in [-0.15, -0.1) is 0 Å². The Morgan fingerprint density at radius 1 is 1.04 bits per heavy atom. The lowest BCUT2D eigenvalue weighted by Crippen LogP contribution is -2.28. The highest BCUT2D eigenvalue weighted by Gasteiger charge is 2.16. The van der Waals surface area contributed by atoms with Crippen molar-refractivity contribution in [3.63, 3.8) is 0 Å². The number of amides is 2. The van der Waals surface area contributed by atoms with E-state index < -0.39 is 0 Å². The van der Waals surface area contributed by atoms with E-state index in [4.69, 9.17) is 11.6 Å². The lowest BCUT2D eigenvalue weighted by Gasteiger charge is -2.17. The van der Waals surface area contributed by atoms with Crippen LogP contribution in [0.15, 0.2) is 72.9 Å². The number of carbonyl (C=O) groups is 2. The SMILES string of the molecule is CN(C(=O)c1cc(C(=O)NCc2ccc(Cl)cc2)ccn1)c1ccccc1. The summed E-state index contributed by atoms with van der Waals surface area (Å²) in [6, 6.07) is 19.6. The molecular weight excluding hydrogens is 362 g/mol. The Morgan fingerprint density at radius 3 is 2.44 bits per heavy atom. The second-order valence-electron chi connectivity index (χ2n) is 5.94. The molecule has 1 aromatic heterocycles. The van der Waals surface area contributed by atoms with Crippen molar-refractivity contribution in [1.29, 1.82) is 0 Å². The summed E-state index contributed by atoms with van der Waals surface area (Å²) in [5, 5.41) is 3.47. The van der Waals surface area contributed by atoms with Crippen LogP contribution in [0, 0.1) is 0 Å². The number of aromatic nitrogens is 1. The summed E-state index contributed by atoms with van der Waals surface area (Å²) >= 11 is 5.86. The van der Waals surface area contributed by atoms with E-state index in [-0.39, 0.29) is 17.5 Å². The molecule has 3 aromatic rings. The highest BCUT2D eigenvalue weighted by atomic mass is 35.5. The zero-order chi connectivity index (χ0) is 19.2. The van der Waals surface area contributed by atoms with Gasteiger partial charge in [-0.1, -0.05) is 41.9 Å². The van der Waals surface area contributed by atoms with Gasteiger partial charge in [-0.2, -0.15) is 0 Å². The molecule has 0 saturated heterocycles. The van der Waals surface area contributed by atoms with Crippen LogP contribution in [0.1, 0.15) is 26.4 Å². The van der Waals surface area contributed by atoms with Gasteiger partial charge < -0.3 is 10.2 Å². The van der Waals surface area contributed by atoms with E-state index in [1.807, 2.05) is 42.5 Å². The number of hydrogen-bond acceptors (Lipinski definition) is 3. The molecule has 0 saturated carbocycles. The fourth-order valence-corrected chi connectivity index (χ4v) is 2.64. The van der Waals surface area contributed by atoms with E-state index in [9.17, 15) is 9.59 Å². The third kappa shape index (κ3) is 4.71. The van der Waals surface area contributed by atoms with Crippen LogP contribution in [0.3, 0.4) is 0 Å². The Hall–Kier alpha value is -3.18. The van der Waals surface area contributed by atoms with E-state index in [0.717, 1.165) is 11.3 Å². The van der Waals surface area contributed by atoms with Gasteiger partial charge in [0.2, 0.25) is 0 Å². The van der Waals surface area contributed by atoms with Gasteiger partial charge in [-0.25, -0.2) is 0 Å². The van der Waals surface area contributed by atoms with Gasteiger partial charge in [0, 0.05) is 36.1 Å². The third-order valence-electron chi connectivity index (χ3n) is 4.06. The molecule has 0 atom stereocenters. The van der Waals surface area contributed by atoms with Crippen molar-refractivity contribution in [2.24, 2.45) is 0 Å². The molecule has 2 aromatic carbocycles. The van der Waals surface area contributed by atoms with Gasteiger partial charge in [0.25, 0.3) is 11.8 Å². The van der Waals surface area contributed by atoms with E-state index in [1.54, 1.807) is 25.2 Å². The number of nitrogens with one attached hydrogen (secondary N) is 1. The number of anilines is 1. The normalized spacial score (nSPS) is 10.3. The summed E-state index contributed by atoms with van der Waals surface area (Å²) in [5.41, 5.74) is 2.27. The smallest absolute Gasteiger partial charge is 0.276 e. The highest BCUT2D eigenvalue weighted by molar-refractivity contribution is 6.30. The van der Waals surface area contributed by atoms with Crippen LogP contribution in [0.25, 0.3) is 0 Å².